The molecule has 0 aliphatic rings. The minimum Gasteiger partial charge on any atom is -0.379 e. The second-order valence-electron chi connectivity index (χ2n) is 19.6. The molecule has 374 valence electrons. The third kappa shape index (κ3) is 47.0. The van der Waals surface area contributed by atoms with Gasteiger partial charge in [-0.1, -0.05) is 154 Å². The summed E-state index contributed by atoms with van der Waals surface area (Å²) in [6.45, 7) is 14.4. The number of rotatable bonds is 52. The molecule has 0 aliphatic carbocycles. The molecule has 0 saturated carbocycles. The highest BCUT2D eigenvalue weighted by atomic mass is 16.5. The number of unbranched alkanes of at least 4 members (excludes halogenated alkanes) is 24. The zero-order chi connectivity index (χ0) is 46.0. The Kier molecular flexibility index (Phi) is 49.0. The van der Waals surface area contributed by atoms with E-state index in [9.17, 15) is 4.79 Å². The van der Waals surface area contributed by atoms with Crippen LogP contribution in [0, 0.1) is 0 Å². The Morgan fingerprint density at radius 2 is 1.02 bits per heavy atom. The van der Waals surface area contributed by atoms with Crippen molar-refractivity contribution in [3.8, 4) is 0 Å². The van der Waals surface area contributed by atoms with Gasteiger partial charge in [0.05, 0.1) is 66.5 Å². The maximum atomic E-state index is 13.4. The van der Waals surface area contributed by atoms with Crippen LogP contribution in [0.3, 0.4) is 0 Å². The molecule has 0 heterocycles. The topological polar surface area (TPSA) is 136 Å². The predicted molar refractivity (Wildman–Crippen MR) is 271 cm³/mol. The van der Waals surface area contributed by atoms with Crippen molar-refractivity contribution in [2.75, 3.05) is 86.3 Å². The fourth-order valence-corrected chi connectivity index (χ4v) is 8.41. The van der Waals surface area contributed by atoms with Crippen LogP contribution in [-0.4, -0.2) is 109 Å². The highest BCUT2D eigenvalue weighted by molar-refractivity contribution is 5.80. The number of allylic oxidation sites excluding steroid dienone is 4. The average Bonchev–Trinajstić information content (AvgIpc) is 3.27. The fraction of sp³-hybridized carbons (Fsp3) is 0.907. The molecule has 9 nitrogen and oxygen atoms in total. The van der Waals surface area contributed by atoms with Gasteiger partial charge in [-0.3, -0.25) is 4.79 Å². The first-order valence-corrected chi connectivity index (χ1v) is 27.7. The quantitative estimate of drug-likeness (QED) is 0.0240. The Labute approximate surface area is 392 Å². The number of nitrogens with zero attached hydrogens (tertiary/aromatic N) is 1. The number of carbonyl (C=O) groups excluding carboxylic acids is 1. The number of amides is 1. The van der Waals surface area contributed by atoms with Crippen LogP contribution in [0.25, 0.3) is 0 Å². The highest BCUT2D eigenvalue weighted by Crippen LogP contribution is 2.13. The molecule has 0 aromatic carbocycles. The van der Waals surface area contributed by atoms with Crippen LogP contribution in [0.2, 0.25) is 0 Å². The molecule has 0 aromatic rings. The number of hydrogen-bond acceptors (Lipinski definition) is 3. The Hall–Kier alpha value is -1.33. The van der Waals surface area contributed by atoms with Gasteiger partial charge in [-0.05, 0) is 64.2 Å². The first-order valence-electron chi connectivity index (χ1n) is 27.7. The summed E-state index contributed by atoms with van der Waals surface area (Å²) in [7, 11) is 4.55. The average molecular weight is 897 g/mol. The number of carbonyl (C=O) groups is 1. The number of likely N-dealkylation sites (N-methyl/N-ethyl adjacent to an activating group) is 1. The molecule has 2 atom stereocenters. The van der Waals surface area contributed by atoms with Gasteiger partial charge in [0.25, 0.3) is 5.91 Å². The van der Waals surface area contributed by atoms with Gasteiger partial charge in [0.1, 0.15) is 12.6 Å². The maximum absolute atomic E-state index is 13.4. The molecule has 0 radical (unpaired) electrons. The van der Waals surface area contributed by atoms with Crippen molar-refractivity contribution in [1.82, 2.24) is 5.32 Å². The summed E-state index contributed by atoms with van der Waals surface area (Å²) in [4.78, 5) is 13.4. The zero-order valence-corrected chi connectivity index (χ0v) is 43.1. The standard InChI is InChI=1S/C54H110N6O3/c1-5-7-9-11-13-15-17-19-21-23-25-27-29-31-33-35-48-62-51-52(63-49-36-34-32-30-28-26-24-22-20-18-16-14-12-10-8-6-2)50-60(3,4)47-46-59-54(61)53(58-45-39-42-56)40-37-43-57-44-38-41-55/h19-22,52-53,57-58H,5-18,23-51,55-56H2,1-4H3/p+5/b21-19-,22-20-. The minimum atomic E-state index is -0.0175. The summed E-state index contributed by atoms with van der Waals surface area (Å²) in [5, 5.41) is 7.92. The van der Waals surface area contributed by atoms with Crippen molar-refractivity contribution in [2.24, 2.45) is 0 Å². The van der Waals surface area contributed by atoms with Gasteiger partial charge in [-0.25, -0.2) is 0 Å². The lowest BCUT2D eigenvalue weighted by Crippen LogP contribution is -2.93. The summed E-state index contributed by atoms with van der Waals surface area (Å²) in [5.74, 6) is 0.184. The Balaban J connectivity index is 4.64. The number of nitrogens with two attached hydrogens (primary N) is 2. The van der Waals surface area contributed by atoms with Gasteiger partial charge < -0.3 is 41.4 Å². The molecule has 1 amide bonds. The van der Waals surface area contributed by atoms with Crippen LogP contribution < -0.4 is 27.4 Å². The monoisotopic (exact) mass is 896 g/mol. The molecule has 0 aromatic heterocycles. The lowest BCUT2D eigenvalue weighted by atomic mass is 10.1. The van der Waals surface area contributed by atoms with Gasteiger partial charge in [-0.2, -0.15) is 0 Å². The molecule has 63 heavy (non-hydrogen) atoms. The molecule has 2 unspecified atom stereocenters. The lowest BCUT2D eigenvalue weighted by Gasteiger charge is -2.33. The zero-order valence-electron chi connectivity index (χ0n) is 43.1. The van der Waals surface area contributed by atoms with Crippen molar-refractivity contribution in [2.45, 2.75) is 231 Å². The molecule has 0 saturated heterocycles. The number of hydrogen-bond donors (Lipinski definition) is 5. The maximum Gasteiger partial charge on any atom is 0.278 e. The van der Waals surface area contributed by atoms with Crippen LogP contribution >= 0.6 is 0 Å². The molecular weight excluding hydrogens is 781 g/mol. The molecule has 0 rings (SSSR count). The molecule has 0 aliphatic heterocycles. The van der Waals surface area contributed by atoms with E-state index < -0.39 is 0 Å². The van der Waals surface area contributed by atoms with Gasteiger partial charge in [0.15, 0.2) is 6.04 Å². The summed E-state index contributed by atoms with van der Waals surface area (Å²) >= 11 is 0. The first-order chi connectivity index (χ1) is 30.9. The van der Waals surface area contributed by atoms with Crippen LogP contribution in [0.15, 0.2) is 24.3 Å². The Morgan fingerprint density at radius 1 is 0.571 bits per heavy atom. The van der Waals surface area contributed by atoms with Crippen molar-refractivity contribution in [3.05, 3.63) is 24.3 Å². The van der Waals surface area contributed by atoms with E-state index >= 15 is 0 Å². The Bertz CT molecular complexity index is 979. The van der Waals surface area contributed by atoms with Gasteiger partial charge in [-0.15, -0.1) is 0 Å². The SMILES string of the molecule is CCCCCCCC/C=C\CCCCCCCCOCC(C[N+](C)(C)CCNC(=O)C(CCC[NH2+]CCC[NH3+])[NH2+]CCC[NH3+])OCCCCCCCC/C=C\CCCCCCCC. The van der Waals surface area contributed by atoms with Crippen LogP contribution in [0.5, 0.6) is 0 Å². The van der Waals surface area contributed by atoms with Crippen molar-refractivity contribution < 1.29 is 40.9 Å². The van der Waals surface area contributed by atoms with Crippen molar-refractivity contribution in [3.63, 3.8) is 0 Å². The summed E-state index contributed by atoms with van der Waals surface area (Å²) in [5.41, 5.74) is 7.94. The van der Waals surface area contributed by atoms with Crippen LogP contribution in [0.4, 0.5) is 0 Å². The fourth-order valence-electron chi connectivity index (χ4n) is 8.41. The van der Waals surface area contributed by atoms with Crippen LogP contribution in [-0.2, 0) is 14.3 Å². The minimum absolute atomic E-state index is 0.0175. The van der Waals surface area contributed by atoms with E-state index in [4.69, 9.17) is 9.47 Å². The first kappa shape index (κ1) is 61.7. The molecule has 9 heteroatoms. The molecular formula is C54H115N6O3+5. The lowest BCUT2D eigenvalue weighted by molar-refractivity contribution is -0.892. The van der Waals surface area contributed by atoms with E-state index in [0.29, 0.717) is 13.2 Å². The molecule has 11 N–H and O–H groups in total. The summed E-state index contributed by atoms with van der Waals surface area (Å²) in [6.07, 6.45) is 50.9. The second-order valence-corrected chi connectivity index (χ2v) is 19.6. The van der Waals surface area contributed by atoms with E-state index in [1.54, 1.807) is 0 Å². The normalized spacial score (nSPS) is 13.2. The molecule has 0 fully saturated rings. The Morgan fingerprint density at radius 3 is 1.52 bits per heavy atom. The molecule has 0 spiro atoms. The van der Waals surface area contributed by atoms with E-state index in [1.807, 2.05) is 0 Å². The van der Waals surface area contributed by atoms with Crippen molar-refractivity contribution in [1.29, 1.82) is 0 Å². The van der Waals surface area contributed by atoms with Crippen molar-refractivity contribution >= 4 is 5.91 Å². The van der Waals surface area contributed by atoms with Crippen LogP contribution in [0.1, 0.15) is 219 Å². The summed E-state index contributed by atoms with van der Waals surface area (Å²) in [6, 6.07) is -0.0175. The van der Waals surface area contributed by atoms with Gasteiger partial charge in [0, 0.05) is 38.9 Å². The van der Waals surface area contributed by atoms with Gasteiger partial charge in [0.2, 0.25) is 0 Å². The van der Waals surface area contributed by atoms with E-state index in [1.165, 1.54) is 167 Å². The third-order valence-corrected chi connectivity index (χ3v) is 12.7. The summed E-state index contributed by atoms with van der Waals surface area (Å²) < 4.78 is 13.7. The number of quaternary nitrogens is 5. The van der Waals surface area contributed by atoms with Gasteiger partial charge >= 0.3 is 0 Å². The largest absolute Gasteiger partial charge is 0.379 e. The van der Waals surface area contributed by atoms with E-state index in [0.717, 1.165) is 102 Å². The molecule has 0 bridgehead atoms. The third-order valence-electron chi connectivity index (χ3n) is 12.7. The number of ether oxygens (including phenoxy) is 2. The number of nitrogens with one attached hydrogen (secondary N) is 1. The smallest absolute Gasteiger partial charge is 0.278 e. The second kappa shape index (κ2) is 50.1. The van der Waals surface area contributed by atoms with E-state index in [2.05, 4.69) is 79.7 Å². The van der Waals surface area contributed by atoms with E-state index in [-0.39, 0.29) is 18.1 Å². The predicted octanol–water partition coefficient (Wildman–Crippen LogP) is 8.20. The highest BCUT2D eigenvalue weighted by Gasteiger charge is 2.25.